The van der Waals surface area contributed by atoms with E-state index < -0.39 is 0 Å². The van der Waals surface area contributed by atoms with Gasteiger partial charge in [0.25, 0.3) is 0 Å². The highest BCUT2D eigenvalue weighted by atomic mass is 79.9. The summed E-state index contributed by atoms with van der Waals surface area (Å²) in [6.45, 7) is -0.0870. The van der Waals surface area contributed by atoms with Crippen LogP contribution < -0.4 is 5.73 Å². The minimum absolute atomic E-state index is 0.0870. The number of aliphatic hydroxyl groups is 1. The normalized spacial score (nSPS) is 10.1. The predicted molar refractivity (Wildman–Crippen MR) is 49.5 cm³/mol. The first-order chi connectivity index (χ1) is 5.15. The van der Waals surface area contributed by atoms with Gasteiger partial charge in [0.1, 0.15) is 0 Å². The Balaban J connectivity index is 3.21. The molecule has 0 amide bonds. The zero-order valence-electron chi connectivity index (χ0n) is 5.64. The van der Waals surface area contributed by atoms with Crippen molar-refractivity contribution in [3.05, 3.63) is 27.2 Å². The Kier molecular flexibility index (Phi) is 2.76. The molecule has 0 aliphatic carbocycles. The summed E-state index contributed by atoms with van der Waals surface area (Å²) in [6.07, 6.45) is 0. The molecule has 1 rings (SSSR count). The molecule has 0 bridgehead atoms. The van der Waals surface area contributed by atoms with E-state index in [1.165, 1.54) is 0 Å². The summed E-state index contributed by atoms with van der Waals surface area (Å²) >= 11 is 8.97. The molecule has 0 fully saturated rings. The molecule has 11 heavy (non-hydrogen) atoms. The monoisotopic (exact) mass is 235 g/mol. The molecule has 0 heterocycles. The van der Waals surface area contributed by atoms with Crippen molar-refractivity contribution in [2.45, 2.75) is 6.61 Å². The molecule has 0 aliphatic rings. The maximum absolute atomic E-state index is 8.78. The molecule has 1 aromatic rings. The summed E-state index contributed by atoms with van der Waals surface area (Å²) in [5.74, 6) is 0. The van der Waals surface area contributed by atoms with Crippen LogP contribution in [0.2, 0.25) is 5.02 Å². The van der Waals surface area contributed by atoms with Gasteiger partial charge in [-0.15, -0.1) is 0 Å². The highest BCUT2D eigenvalue weighted by Gasteiger charge is 2.02. The Labute approximate surface area is 78.1 Å². The maximum Gasteiger partial charge on any atom is 0.0697 e. The minimum Gasteiger partial charge on any atom is -0.398 e. The van der Waals surface area contributed by atoms with E-state index in [2.05, 4.69) is 15.9 Å². The van der Waals surface area contributed by atoms with Crippen LogP contribution in [0.5, 0.6) is 0 Å². The van der Waals surface area contributed by atoms with Crippen LogP contribution in [-0.4, -0.2) is 5.11 Å². The molecule has 0 saturated heterocycles. The largest absolute Gasteiger partial charge is 0.398 e. The molecular weight excluding hydrogens is 229 g/mol. The van der Waals surface area contributed by atoms with Crippen molar-refractivity contribution in [2.24, 2.45) is 0 Å². The van der Waals surface area contributed by atoms with Crippen molar-refractivity contribution < 1.29 is 5.11 Å². The number of halogens is 2. The third-order valence-corrected chi connectivity index (χ3v) is 2.37. The number of hydrogen-bond acceptors (Lipinski definition) is 2. The third-order valence-electron chi connectivity index (χ3n) is 1.34. The van der Waals surface area contributed by atoms with Crippen LogP contribution in [0.3, 0.4) is 0 Å². The van der Waals surface area contributed by atoms with Gasteiger partial charge >= 0.3 is 0 Å². The van der Waals surface area contributed by atoms with Gasteiger partial charge in [-0.05, 0) is 33.6 Å². The van der Waals surface area contributed by atoms with Gasteiger partial charge in [0.2, 0.25) is 0 Å². The van der Waals surface area contributed by atoms with Crippen molar-refractivity contribution in [1.82, 2.24) is 0 Å². The molecule has 0 radical (unpaired) electrons. The molecule has 0 atom stereocenters. The maximum atomic E-state index is 8.78. The number of nitrogen functional groups attached to an aromatic ring is 1. The lowest BCUT2D eigenvalue weighted by Gasteiger charge is -2.03. The average molecular weight is 236 g/mol. The molecule has 2 nitrogen and oxygen atoms in total. The summed E-state index contributed by atoms with van der Waals surface area (Å²) in [5, 5.41) is 9.30. The smallest absolute Gasteiger partial charge is 0.0697 e. The van der Waals surface area contributed by atoms with Crippen LogP contribution in [0.1, 0.15) is 5.56 Å². The molecule has 0 spiro atoms. The molecule has 0 aliphatic heterocycles. The fourth-order valence-corrected chi connectivity index (χ4v) is 1.43. The molecule has 0 saturated carbocycles. The van der Waals surface area contributed by atoms with Gasteiger partial charge in [-0.1, -0.05) is 11.6 Å². The van der Waals surface area contributed by atoms with E-state index in [-0.39, 0.29) is 6.61 Å². The van der Waals surface area contributed by atoms with E-state index in [0.717, 1.165) is 4.47 Å². The molecule has 0 aromatic heterocycles. The zero-order chi connectivity index (χ0) is 8.43. The van der Waals surface area contributed by atoms with E-state index in [1.54, 1.807) is 12.1 Å². The second-order valence-corrected chi connectivity index (χ2v) is 3.38. The fraction of sp³-hybridized carbons (Fsp3) is 0.143. The van der Waals surface area contributed by atoms with E-state index in [0.29, 0.717) is 16.3 Å². The second kappa shape index (κ2) is 3.43. The predicted octanol–water partition coefficient (Wildman–Crippen LogP) is 2.18. The van der Waals surface area contributed by atoms with Gasteiger partial charge in [0.05, 0.1) is 6.61 Å². The van der Waals surface area contributed by atoms with Crippen molar-refractivity contribution in [1.29, 1.82) is 0 Å². The first-order valence-electron chi connectivity index (χ1n) is 2.99. The van der Waals surface area contributed by atoms with E-state index >= 15 is 0 Å². The van der Waals surface area contributed by atoms with Crippen molar-refractivity contribution in [3.8, 4) is 0 Å². The highest BCUT2D eigenvalue weighted by molar-refractivity contribution is 9.10. The molecule has 3 N–H and O–H groups in total. The van der Waals surface area contributed by atoms with Crippen LogP contribution in [-0.2, 0) is 6.61 Å². The van der Waals surface area contributed by atoms with Crippen LogP contribution in [0.25, 0.3) is 0 Å². The first kappa shape index (κ1) is 8.84. The van der Waals surface area contributed by atoms with Gasteiger partial charge in [-0.25, -0.2) is 0 Å². The van der Waals surface area contributed by atoms with Gasteiger partial charge < -0.3 is 10.8 Å². The van der Waals surface area contributed by atoms with Crippen molar-refractivity contribution >= 4 is 33.2 Å². The lowest BCUT2D eigenvalue weighted by Crippen LogP contribution is -1.91. The number of aliphatic hydroxyl groups excluding tert-OH is 1. The topological polar surface area (TPSA) is 46.2 Å². The van der Waals surface area contributed by atoms with Crippen LogP contribution in [0, 0.1) is 0 Å². The third kappa shape index (κ3) is 1.86. The van der Waals surface area contributed by atoms with E-state index in [1.807, 2.05) is 0 Å². The van der Waals surface area contributed by atoms with E-state index in [4.69, 9.17) is 22.4 Å². The van der Waals surface area contributed by atoms with Crippen LogP contribution >= 0.6 is 27.5 Å². The number of benzene rings is 1. The molecule has 0 unspecified atom stereocenters. The molecule has 1 aromatic carbocycles. The highest BCUT2D eigenvalue weighted by Crippen LogP contribution is 2.27. The Bertz CT molecular complexity index is 277. The number of nitrogens with two attached hydrogens (primary N) is 1. The number of rotatable bonds is 1. The standard InChI is InChI=1S/C7H7BrClNO/c8-5-2-6(9)4(3-11)1-7(5)10/h1-2,11H,3,10H2. The van der Waals surface area contributed by atoms with Gasteiger partial charge in [0.15, 0.2) is 0 Å². The Morgan fingerprint density at radius 2 is 2.18 bits per heavy atom. The molecular formula is C7H7BrClNO. The summed E-state index contributed by atoms with van der Waals surface area (Å²) in [4.78, 5) is 0. The first-order valence-corrected chi connectivity index (χ1v) is 4.16. The molecule has 60 valence electrons. The Morgan fingerprint density at radius 1 is 1.55 bits per heavy atom. The Hall–Kier alpha value is -0.250. The fourth-order valence-electron chi connectivity index (χ4n) is 0.734. The lowest BCUT2D eigenvalue weighted by atomic mass is 10.2. The Morgan fingerprint density at radius 3 is 2.73 bits per heavy atom. The van der Waals surface area contributed by atoms with Crippen LogP contribution in [0.15, 0.2) is 16.6 Å². The number of anilines is 1. The average Bonchev–Trinajstić information content (AvgIpc) is 1.97. The lowest BCUT2D eigenvalue weighted by molar-refractivity contribution is 0.282. The number of hydrogen-bond donors (Lipinski definition) is 2. The summed E-state index contributed by atoms with van der Waals surface area (Å²) in [6, 6.07) is 3.31. The minimum atomic E-state index is -0.0870. The van der Waals surface area contributed by atoms with Gasteiger partial charge in [0, 0.05) is 15.2 Å². The quantitative estimate of drug-likeness (QED) is 0.734. The van der Waals surface area contributed by atoms with Crippen molar-refractivity contribution in [3.63, 3.8) is 0 Å². The van der Waals surface area contributed by atoms with Gasteiger partial charge in [-0.3, -0.25) is 0 Å². The SMILES string of the molecule is Nc1cc(CO)c(Cl)cc1Br. The summed E-state index contributed by atoms with van der Waals surface area (Å²) in [5.41, 5.74) is 6.78. The molecule has 4 heteroatoms. The van der Waals surface area contributed by atoms with E-state index in [9.17, 15) is 0 Å². The van der Waals surface area contributed by atoms with Crippen LogP contribution in [0.4, 0.5) is 5.69 Å². The van der Waals surface area contributed by atoms with Gasteiger partial charge in [-0.2, -0.15) is 0 Å². The second-order valence-electron chi connectivity index (χ2n) is 2.12. The summed E-state index contributed by atoms with van der Waals surface area (Å²) in [7, 11) is 0. The zero-order valence-corrected chi connectivity index (χ0v) is 7.98. The van der Waals surface area contributed by atoms with Crippen molar-refractivity contribution in [2.75, 3.05) is 5.73 Å². The summed E-state index contributed by atoms with van der Waals surface area (Å²) < 4.78 is 0.750.